The highest BCUT2D eigenvalue weighted by Crippen LogP contribution is 2.27. The van der Waals surface area contributed by atoms with Crippen LogP contribution in [0.5, 0.6) is 0 Å². The van der Waals surface area contributed by atoms with Gasteiger partial charge in [0.05, 0.1) is 0 Å². The molecular weight excluding hydrogens is 134 g/mol. The Balaban J connectivity index is 2.21. The highest BCUT2D eigenvalue weighted by molar-refractivity contribution is 4.76. The molecule has 11 heavy (non-hydrogen) atoms. The molecule has 0 aliphatic heterocycles. The number of rotatable bonds is 3. The van der Waals surface area contributed by atoms with Crippen molar-refractivity contribution in [1.29, 1.82) is 0 Å². The molecule has 0 amide bonds. The predicted octanol–water partition coefficient (Wildman–Crippen LogP) is 2.56. The summed E-state index contributed by atoms with van der Waals surface area (Å²) in [6, 6.07) is 0.820. The number of hydrogen-bond donors (Lipinski definition) is 1. The van der Waals surface area contributed by atoms with Crippen LogP contribution >= 0.6 is 0 Å². The Bertz CT molecular complexity index is 99.0. The minimum absolute atomic E-state index is 0.820. The van der Waals surface area contributed by atoms with Gasteiger partial charge >= 0.3 is 0 Å². The van der Waals surface area contributed by atoms with E-state index in [2.05, 4.69) is 19.3 Å². The van der Waals surface area contributed by atoms with E-state index in [1.807, 2.05) is 0 Å². The van der Waals surface area contributed by atoms with E-state index in [4.69, 9.17) is 0 Å². The van der Waals surface area contributed by atoms with Gasteiger partial charge in [-0.1, -0.05) is 32.6 Å². The Kier molecular flexibility index (Phi) is 3.92. The van der Waals surface area contributed by atoms with Crippen molar-refractivity contribution < 1.29 is 0 Å². The second kappa shape index (κ2) is 4.76. The number of nitrogens with one attached hydrogen (secondary N) is 1. The normalized spacial score (nSPS) is 32.2. The minimum atomic E-state index is 0.820. The van der Waals surface area contributed by atoms with Gasteiger partial charge in [-0.25, -0.2) is 0 Å². The molecule has 0 saturated heterocycles. The van der Waals surface area contributed by atoms with Crippen LogP contribution in [-0.4, -0.2) is 13.1 Å². The van der Waals surface area contributed by atoms with Gasteiger partial charge in [0.2, 0.25) is 0 Å². The van der Waals surface area contributed by atoms with Crippen LogP contribution in [0.15, 0.2) is 0 Å². The molecule has 0 aromatic rings. The van der Waals surface area contributed by atoms with Crippen LogP contribution in [0.3, 0.4) is 0 Å². The van der Waals surface area contributed by atoms with Crippen molar-refractivity contribution >= 4 is 0 Å². The van der Waals surface area contributed by atoms with Crippen LogP contribution in [0.1, 0.15) is 45.4 Å². The summed E-state index contributed by atoms with van der Waals surface area (Å²) in [5.74, 6) is 1.02. The highest BCUT2D eigenvalue weighted by atomic mass is 14.9. The van der Waals surface area contributed by atoms with Crippen molar-refractivity contribution in [3.63, 3.8) is 0 Å². The quantitative estimate of drug-likeness (QED) is 0.660. The van der Waals surface area contributed by atoms with E-state index < -0.39 is 0 Å². The Morgan fingerprint density at radius 3 is 2.82 bits per heavy atom. The van der Waals surface area contributed by atoms with Gasteiger partial charge in [-0.2, -0.15) is 0 Å². The van der Waals surface area contributed by atoms with Gasteiger partial charge in [0.15, 0.2) is 0 Å². The molecule has 2 unspecified atom stereocenters. The molecule has 0 bridgehead atoms. The molecule has 0 aromatic carbocycles. The molecule has 0 aromatic heterocycles. The smallest absolute Gasteiger partial charge is 0.00667 e. The fraction of sp³-hybridized carbons (Fsp3) is 1.00. The third-order valence-electron chi connectivity index (χ3n) is 2.89. The fourth-order valence-corrected chi connectivity index (χ4v) is 2.22. The maximum absolute atomic E-state index is 3.39. The summed E-state index contributed by atoms with van der Waals surface area (Å²) >= 11 is 0. The van der Waals surface area contributed by atoms with Crippen molar-refractivity contribution in [2.45, 2.75) is 51.5 Å². The van der Waals surface area contributed by atoms with E-state index in [0.29, 0.717) is 0 Å². The molecule has 66 valence electrons. The standard InChI is InChI=1S/C10H21N/c1-3-5-9-6-4-7-10(8-9)11-2/h9-11H,3-8H2,1-2H3. The molecule has 1 aliphatic rings. The van der Waals surface area contributed by atoms with E-state index in [1.54, 1.807) is 0 Å². The fourth-order valence-electron chi connectivity index (χ4n) is 2.22. The van der Waals surface area contributed by atoms with Crippen LogP contribution in [0, 0.1) is 5.92 Å². The van der Waals surface area contributed by atoms with Crippen LogP contribution in [-0.2, 0) is 0 Å². The number of hydrogen-bond acceptors (Lipinski definition) is 1. The summed E-state index contributed by atoms with van der Waals surface area (Å²) in [6.45, 7) is 2.29. The molecule has 0 radical (unpaired) electrons. The van der Waals surface area contributed by atoms with E-state index >= 15 is 0 Å². The largest absolute Gasteiger partial charge is 0.317 e. The van der Waals surface area contributed by atoms with Gasteiger partial charge in [0, 0.05) is 6.04 Å². The van der Waals surface area contributed by atoms with Gasteiger partial charge in [0.1, 0.15) is 0 Å². The lowest BCUT2D eigenvalue weighted by atomic mass is 9.83. The van der Waals surface area contributed by atoms with Crippen LogP contribution in [0.4, 0.5) is 0 Å². The molecule has 1 fully saturated rings. The second-order valence-corrected chi connectivity index (χ2v) is 3.81. The molecule has 2 atom stereocenters. The average molecular weight is 155 g/mol. The molecule has 1 rings (SSSR count). The van der Waals surface area contributed by atoms with E-state index in [1.165, 1.54) is 38.5 Å². The summed E-state index contributed by atoms with van der Waals surface area (Å²) in [5.41, 5.74) is 0. The lowest BCUT2D eigenvalue weighted by Gasteiger charge is -2.28. The Labute approximate surface area is 70.6 Å². The van der Waals surface area contributed by atoms with Gasteiger partial charge in [-0.3, -0.25) is 0 Å². The zero-order valence-corrected chi connectivity index (χ0v) is 7.90. The maximum atomic E-state index is 3.39. The van der Waals surface area contributed by atoms with Crippen LogP contribution < -0.4 is 5.32 Å². The molecule has 1 saturated carbocycles. The topological polar surface area (TPSA) is 12.0 Å². The molecule has 1 nitrogen and oxygen atoms in total. The zero-order chi connectivity index (χ0) is 8.10. The molecule has 1 aliphatic carbocycles. The third-order valence-corrected chi connectivity index (χ3v) is 2.89. The van der Waals surface area contributed by atoms with Crippen molar-refractivity contribution in [2.75, 3.05) is 7.05 Å². The van der Waals surface area contributed by atoms with Crippen LogP contribution in [0.25, 0.3) is 0 Å². The third kappa shape index (κ3) is 2.82. The van der Waals surface area contributed by atoms with Crippen molar-refractivity contribution in [2.24, 2.45) is 5.92 Å². The van der Waals surface area contributed by atoms with Gasteiger partial charge in [-0.15, -0.1) is 0 Å². The molecular formula is C10H21N. The first kappa shape index (κ1) is 9.05. The van der Waals surface area contributed by atoms with Gasteiger partial charge < -0.3 is 5.32 Å². The van der Waals surface area contributed by atoms with Crippen LogP contribution in [0.2, 0.25) is 0 Å². The zero-order valence-electron chi connectivity index (χ0n) is 7.90. The SMILES string of the molecule is CCCC1CCCC(NC)C1. The summed E-state index contributed by atoms with van der Waals surface area (Å²) in [7, 11) is 2.10. The lowest BCUT2D eigenvalue weighted by molar-refractivity contribution is 0.281. The van der Waals surface area contributed by atoms with Gasteiger partial charge in [-0.05, 0) is 25.8 Å². The van der Waals surface area contributed by atoms with Crippen molar-refractivity contribution in [3.8, 4) is 0 Å². The Morgan fingerprint density at radius 2 is 2.18 bits per heavy atom. The predicted molar refractivity (Wildman–Crippen MR) is 49.7 cm³/mol. The monoisotopic (exact) mass is 155 g/mol. The van der Waals surface area contributed by atoms with E-state index in [-0.39, 0.29) is 0 Å². The van der Waals surface area contributed by atoms with Crippen molar-refractivity contribution in [1.82, 2.24) is 5.32 Å². The molecule has 0 heterocycles. The van der Waals surface area contributed by atoms with E-state index in [9.17, 15) is 0 Å². The summed E-state index contributed by atoms with van der Waals surface area (Å²) < 4.78 is 0. The Morgan fingerprint density at radius 1 is 1.36 bits per heavy atom. The lowest BCUT2D eigenvalue weighted by Crippen LogP contribution is -2.31. The van der Waals surface area contributed by atoms with Crippen molar-refractivity contribution in [3.05, 3.63) is 0 Å². The molecule has 1 N–H and O–H groups in total. The Hall–Kier alpha value is -0.0400. The maximum Gasteiger partial charge on any atom is 0.00667 e. The molecule has 0 spiro atoms. The first-order valence-electron chi connectivity index (χ1n) is 5.04. The summed E-state index contributed by atoms with van der Waals surface area (Å²) in [4.78, 5) is 0. The molecule has 1 heteroatoms. The summed E-state index contributed by atoms with van der Waals surface area (Å²) in [5, 5.41) is 3.39. The van der Waals surface area contributed by atoms with E-state index in [0.717, 1.165) is 12.0 Å². The first-order valence-corrected chi connectivity index (χ1v) is 5.04. The minimum Gasteiger partial charge on any atom is -0.317 e. The second-order valence-electron chi connectivity index (χ2n) is 3.81. The first-order chi connectivity index (χ1) is 5.36. The van der Waals surface area contributed by atoms with Gasteiger partial charge in [0.25, 0.3) is 0 Å². The highest BCUT2D eigenvalue weighted by Gasteiger charge is 2.19. The average Bonchev–Trinajstić information content (AvgIpc) is 2.06. The summed E-state index contributed by atoms with van der Waals surface area (Å²) in [6.07, 6.45) is 8.54.